The lowest BCUT2D eigenvalue weighted by Crippen LogP contribution is -1.84. The van der Waals surface area contributed by atoms with Crippen molar-refractivity contribution in [3.63, 3.8) is 0 Å². The summed E-state index contributed by atoms with van der Waals surface area (Å²) >= 11 is -0.144. The smallest absolute Gasteiger partial charge is 0.0644 e. The van der Waals surface area contributed by atoms with Gasteiger partial charge in [0.15, 0.2) is 0 Å². The van der Waals surface area contributed by atoms with Crippen molar-refractivity contribution in [2.24, 2.45) is 5.73 Å². The zero-order chi connectivity index (χ0) is 5.70. The molecule has 7 heavy (non-hydrogen) atoms. The molecular formula is C5H8IN. The minimum absolute atomic E-state index is 0.144. The van der Waals surface area contributed by atoms with Crippen molar-refractivity contribution < 1.29 is 0 Å². The molecule has 0 aliphatic carbocycles. The Labute approximate surface area is 53.7 Å². The Kier molecular flexibility index (Phi) is 3.98. The predicted octanol–water partition coefficient (Wildman–Crippen LogP) is 1.38. The second-order valence-corrected chi connectivity index (χ2v) is 2.93. The molecule has 0 rings (SSSR count). The Hall–Kier alpha value is -0.120. The van der Waals surface area contributed by atoms with Crippen LogP contribution in [0.25, 0.3) is 0 Å². The Morgan fingerprint density at radius 3 is 2.43 bits per heavy atom. The highest BCUT2D eigenvalue weighted by atomic mass is 127. The third-order valence-electron chi connectivity index (χ3n) is 0.431. The van der Waals surface area contributed by atoms with Crippen molar-refractivity contribution in [1.82, 2.24) is 0 Å². The molecule has 2 heteroatoms. The molecule has 0 aliphatic heterocycles. The van der Waals surface area contributed by atoms with Gasteiger partial charge in [-0.1, -0.05) is 37.9 Å². The van der Waals surface area contributed by atoms with E-state index in [1.54, 1.807) is 12.2 Å². The number of hydrogen-bond donors (Lipinski definition) is 1. The number of hydrogen-bond acceptors (Lipinski definition) is 1. The van der Waals surface area contributed by atoms with Crippen molar-refractivity contribution in [3.8, 4) is 0 Å². The maximum Gasteiger partial charge on any atom is 0.0644 e. The van der Waals surface area contributed by atoms with E-state index in [1.165, 1.54) is 0 Å². The van der Waals surface area contributed by atoms with Gasteiger partial charge in [0.25, 0.3) is 0 Å². The van der Waals surface area contributed by atoms with Crippen LogP contribution in [0.5, 0.6) is 0 Å². The predicted molar refractivity (Wildman–Crippen MR) is 43.6 cm³/mol. The summed E-state index contributed by atoms with van der Waals surface area (Å²) in [6.45, 7) is 3.48. The maximum absolute atomic E-state index is 5.36. The summed E-state index contributed by atoms with van der Waals surface area (Å²) in [5, 5.41) is 0. The zero-order valence-corrected chi connectivity index (χ0v) is 6.18. The van der Waals surface area contributed by atoms with E-state index in [0.29, 0.717) is 0 Å². The molecule has 0 unspecified atom stereocenters. The van der Waals surface area contributed by atoms with Gasteiger partial charge in [-0.3, -0.25) is 0 Å². The van der Waals surface area contributed by atoms with Crippen LogP contribution in [0.1, 0.15) is 0 Å². The van der Waals surface area contributed by atoms with Crippen LogP contribution in [0.2, 0.25) is 0 Å². The van der Waals surface area contributed by atoms with E-state index in [0.717, 1.165) is 3.70 Å². The first-order valence-electron chi connectivity index (χ1n) is 1.78. The molecule has 0 atom stereocenters. The van der Waals surface area contributed by atoms with E-state index >= 15 is 0 Å². The van der Waals surface area contributed by atoms with Gasteiger partial charge in [-0.2, -0.15) is 0 Å². The zero-order valence-electron chi connectivity index (χ0n) is 4.02. The van der Waals surface area contributed by atoms with Gasteiger partial charge in [-0.05, 0) is 6.08 Å². The van der Waals surface area contributed by atoms with E-state index < -0.39 is 0 Å². The minimum Gasteiger partial charge on any atom is -0.394 e. The summed E-state index contributed by atoms with van der Waals surface area (Å²) in [5.41, 5.74) is 5.36. The Morgan fingerprint density at radius 1 is 1.71 bits per heavy atom. The van der Waals surface area contributed by atoms with Crippen molar-refractivity contribution in [1.29, 1.82) is 0 Å². The normalized spacial score (nSPS) is 11.1. The van der Waals surface area contributed by atoms with Crippen molar-refractivity contribution >= 4 is 25.2 Å². The molecule has 0 aromatic rings. The molecule has 0 aromatic heterocycles. The van der Waals surface area contributed by atoms with E-state index in [1.807, 2.05) is 0 Å². The third-order valence-corrected chi connectivity index (χ3v) is 1.67. The van der Waals surface area contributed by atoms with Crippen LogP contribution < -0.4 is 5.73 Å². The van der Waals surface area contributed by atoms with Crippen LogP contribution in [0.15, 0.2) is 22.4 Å². The lowest BCUT2D eigenvalue weighted by Gasteiger charge is -1.80. The molecule has 0 aliphatic rings. The second kappa shape index (κ2) is 4.05. The summed E-state index contributed by atoms with van der Waals surface area (Å²) in [7, 11) is 0. The van der Waals surface area contributed by atoms with E-state index in [2.05, 4.69) is 11.1 Å². The summed E-state index contributed by atoms with van der Waals surface area (Å²) in [5.74, 6) is 0. The van der Waals surface area contributed by atoms with Gasteiger partial charge >= 0.3 is 0 Å². The van der Waals surface area contributed by atoms with Gasteiger partial charge in [-0.25, -0.2) is 0 Å². The molecule has 0 bridgehead atoms. The van der Waals surface area contributed by atoms with Crippen LogP contribution in [0.3, 0.4) is 0 Å². The number of allylic oxidation sites excluding steroid dienone is 2. The topological polar surface area (TPSA) is 26.0 Å². The first-order valence-corrected chi connectivity index (χ1v) is 4.38. The van der Waals surface area contributed by atoms with Crippen LogP contribution in [0, 0.1) is 0 Å². The molecule has 0 radical (unpaired) electrons. The van der Waals surface area contributed by atoms with E-state index in [9.17, 15) is 0 Å². The highest BCUT2D eigenvalue weighted by molar-refractivity contribution is 14.2. The minimum atomic E-state index is -0.144. The summed E-state index contributed by atoms with van der Waals surface area (Å²) in [6, 6.07) is 0. The van der Waals surface area contributed by atoms with Crippen LogP contribution in [-0.4, -0.2) is 4.51 Å². The van der Waals surface area contributed by atoms with Gasteiger partial charge in [-0.15, -0.1) is 0 Å². The third kappa shape index (κ3) is 3.72. The average molecular weight is 209 g/mol. The highest BCUT2D eigenvalue weighted by Gasteiger charge is 1.70. The number of rotatable bonds is 2. The Bertz CT molecular complexity index is 105. The van der Waals surface area contributed by atoms with Gasteiger partial charge in [0.05, 0.1) is 3.70 Å². The van der Waals surface area contributed by atoms with Crippen molar-refractivity contribution in [3.05, 3.63) is 22.4 Å². The van der Waals surface area contributed by atoms with Crippen LogP contribution >= 0.6 is 20.7 Å². The van der Waals surface area contributed by atoms with E-state index in [4.69, 9.17) is 5.73 Å². The van der Waals surface area contributed by atoms with Gasteiger partial charge in [0, 0.05) is 0 Å². The van der Waals surface area contributed by atoms with E-state index in [-0.39, 0.29) is 20.7 Å². The molecule has 0 fully saturated rings. The molecule has 2 N–H and O–H groups in total. The molecule has 0 saturated carbocycles. The molecule has 0 heterocycles. The second-order valence-electron chi connectivity index (χ2n) is 0.921. The first-order chi connectivity index (χ1) is 3.31. The monoisotopic (exact) mass is 209 g/mol. The fourth-order valence-corrected chi connectivity index (χ4v) is 0.666. The first kappa shape index (κ1) is 6.88. The number of nitrogens with two attached hydrogens (primary N) is 1. The SMILES string of the molecule is C=C/C=C(/N)I=C. The molecular weight excluding hydrogens is 201 g/mol. The lowest BCUT2D eigenvalue weighted by molar-refractivity contribution is 1.58. The Morgan fingerprint density at radius 2 is 2.29 bits per heavy atom. The summed E-state index contributed by atoms with van der Waals surface area (Å²) in [6.07, 6.45) is 3.47. The van der Waals surface area contributed by atoms with Crippen molar-refractivity contribution in [2.45, 2.75) is 0 Å². The fraction of sp³-hybridized carbons (Fsp3) is 0. The summed E-state index contributed by atoms with van der Waals surface area (Å²) in [4.78, 5) is 0. The summed E-state index contributed by atoms with van der Waals surface area (Å²) < 4.78 is 4.56. The van der Waals surface area contributed by atoms with Crippen LogP contribution in [0.4, 0.5) is 0 Å². The largest absolute Gasteiger partial charge is 0.394 e. The fourth-order valence-electron chi connectivity index (χ4n) is 0.157. The van der Waals surface area contributed by atoms with Crippen LogP contribution in [-0.2, 0) is 0 Å². The van der Waals surface area contributed by atoms with Gasteiger partial charge < -0.3 is 5.73 Å². The lowest BCUT2D eigenvalue weighted by atomic mass is 10.6. The maximum atomic E-state index is 5.36. The quantitative estimate of drug-likeness (QED) is 0.415. The molecule has 40 valence electrons. The van der Waals surface area contributed by atoms with Crippen molar-refractivity contribution in [2.75, 3.05) is 0 Å². The molecule has 0 aromatic carbocycles. The van der Waals surface area contributed by atoms with Gasteiger partial charge in [0.2, 0.25) is 0 Å². The Balaban J connectivity index is 3.72. The average Bonchev–Trinajstić information content (AvgIpc) is 1.68. The molecule has 0 saturated heterocycles. The molecule has 0 spiro atoms. The standard InChI is InChI=1S/C5H8IN/c1-3-4-5(7)6-2/h3-4H,1-2,7H2/b5-4+. The molecule has 1 nitrogen and oxygen atoms in total. The number of halogens is 1. The highest BCUT2D eigenvalue weighted by Crippen LogP contribution is 2.01. The molecule has 0 amide bonds. The van der Waals surface area contributed by atoms with Gasteiger partial charge in [0.1, 0.15) is 0 Å².